The summed E-state index contributed by atoms with van der Waals surface area (Å²) in [5.41, 5.74) is 3.48. The Morgan fingerprint density at radius 3 is 2.84 bits per heavy atom. The number of thiazole rings is 1. The molecular weight excluding hydrogens is 330 g/mol. The van der Waals surface area contributed by atoms with E-state index in [1.165, 1.54) is 50.0 Å². The van der Waals surface area contributed by atoms with Gasteiger partial charge in [0.1, 0.15) is 16.2 Å². The maximum absolute atomic E-state index is 4.77. The number of pyridine rings is 2. The van der Waals surface area contributed by atoms with Crippen LogP contribution in [0.4, 0.5) is 10.9 Å². The number of rotatable bonds is 5. The normalized spacial score (nSPS) is 18.1. The second kappa shape index (κ2) is 6.35. The minimum absolute atomic E-state index is 0.673. The molecule has 0 unspecified atom stereocenters. The minimum Gasteiger partial charge on any atom is -0.316 e. The van der Waals surface area contributed by atoms with E-state index < -0.39 is 0 Å². The summed E-state index contributed by atoms with van der Waals surface area (Å²) in [5.74, 6) is 1.53. The van der Waals surface area contributed by atoms with Crippen molar-refractivity contribution < 1.29 is 0 Å². The fourth-order valence-electron chi connectivity index (χ4n) is 3.44. The number of hydrogen-bond donors (Lipinski definition) is 1. The molecule has 1 N–H and O–H groups in total. The van der Waals surface area contributed by atoms with Crippen molar-refractivity contribution in [2.45, 2.75) is 38.1 Å². The molecule has 0 aromatic carbocycles. The molecule has 0 spiro atoms. The Labute approximate surface area is 151 Å². The van der Waals surface area contributed by atoms with E-state index in [2.05, 4.69) is 44.5 Å². The lowest BCUT2D eigenvalue weighted by Crippen LogP contribution is -2.18. The Hall–Kier alpha value is -2.05. The van der Waals surface area contributed by atoms with Crippen LogP contribution in [0.5, 0.6) is 0 Å². The quantitative estimate of drug-likeness (QED) is 0.742. The first kappa shape index (κ1) is 15.2. The van der Waals surface area contributed by atoms with Crippen molar-refractivity contribution in [3.63, 3.8) is 0 Å². The lowest BCUT2D eigenvalue weighted by Gasteiger charge is -2.14. The van der Waals surface area contributed by atoms with Crippen LogP contribution in [0.15, 0.2) is 30.5 Å². The fraction of sp³-hybridized carbons (Fsp3) is 0.421. The third-order valence-electron chi connectivity index (χ3n) is 4.94. The van der Waals surface area contributed by atoms with Gasteiger partial charge in [0.05, 0.1) is 0 Å². The van der Waals surface area contributed by atoms with E-state index in [4.69, 9.17) is 4.98 Å². The lowest BCUT2D eigenvalue weighted by molar-refractivity contribution is 0.331. The maximum Gasteiger partial charge on any atom is 0.190 e. The average Bonchev–Trinajstić information content (AvgIpc) is 3.20. The molecule has 2 aliphatic rings. The largest absolute Gasteiger partial charge is 0.316 e. The fourth-order valence-corrected chi connectivity index (χ4v) is 4.29. The third kappa shape index (κ3) is 3.37. The molecule has 1 aliphatic heterocycles. The highest BCUT2D eigenvalue weighted by molar-refractivity contribution is 7.21. The Morgan fingerprint density at radius 2 is 2.00 bits per heavy atom. The van der Waals surface area contributed by atoms with Crippen LogP contribution < -0.4 is 5.32 Å². The number of anilines is 2. The van der Waals surface area contributed by atoms with Crippen molar-refractivity contribution in [2.75, 3.05) is 18.4 Å². The molecule has 1 saturated heterocycles. The summed E-state index contributed by atoms with van der Waals surface area (Å²) in [7, 11) is 0. The zero-order chi connectivity index (χ0) is 16.6. The molecule has 3 aromatic heterocycles. The van der Waals surface area contributed by atoms with Gasteiger partial charge in [-0.05, 0) is 68.6 Å². The van der Waals surface area contributed by atoms with Crippen LogP contribution in [-0.4, -0.2) is 32.9 Å². The molecule has 4 heterocycles. The van der Waals surface area contributed by atoms with E-state index in [9.17, 15) is 0 Å². The highest BCUT2D eigenvalue weighted by Crippen LogP contribution is 2.40. The van der Waals surface area contributed by atoms with E-state index in [0.29, 0.717) is 5.92 Å². The molecule has 0 radical (unpaired) electrons. The third-order valence-corrected chi connectivity index (χ3v) is 5.82. The standard InChI is InChI=1S/C19H21N5S/c1-2-10-24(9-1)12-13-7-8-20-17(11-13)23-19-22-16-6-5-15(14-3-4-14)21-18(16)25-19/h5-8,11,14H,1-4,9-10,12H2,(H,20,22,23). The molecule has 5 rings (SSSR count). The van der Waals surface area contributed by atoms with Crippen molar-refractivity contribution in [1.82, 2.24) is 19.9 Å². The zero-order valence-electron chi connectivity index (χ0n) is 14.1. The summed E-state index contributed by atoms with van der Waals surface area (Å²) in [4.78, 5) is 17.4. The van der Waals surface area contributed by atoms with Gasteiger partial charge in [0.25, 0.3) is 0 Å². The van der Waals surface area contributed by atoms with Gasteiger partial charge in [0.15, 0.2) is 5.13 Å². The van der Waals surface area contributed by atoms with Crippen LogP contribution in [-0.2, 0) is 6.54 Å². The lowest BCUT2D eigenvalue weighted by atomic mass is 10.2. The summed E-state index contributed by atoms with van der Waals surface area (Å²) in [6.45, 7) is 3.42. The number of likely N-dealkylation sites (tertiary alicyclic amines) is 1. The molecule has 0 amide bonds. The Bertz CT molecular complexity index is 896. The Kier molecular flexibility index (Phi) is 3.87. The molecule has 5 nitrogen and oxygen atoms in total. The molecule has 25 heavy (non-hydrogen) atoms. The van der Waals surface area contributed by atoms with Gasteiger partial charge in [-0.15, -0.1) is 0 Å². The second-order valence-corrected chi connectivity index (χ2v) is 7.99. The molecule has 2 fully saturated rings. The summed E-state index contributed by atoms with van der Waals surface area (Å²) in [5, 5.41) is 4.22. The van der Waals surface area contributed by atoms with E-state index in [-0.39, 0.29) is 0 Å². The van der Waals surface area contributed by atoms with Gasteiger partial charge in [-0.1, -0.05) is 11.3 Å². The van der Waals surface area contributed by atoms with Crippen LogP contribution >= 0.6 is 11.3 Å². The SMILES string of the molecule is c1cc(CN2CCCC2)cc(Nc2nc3ccc(C4CC4)nc3s2)n1. The van der Waals surface area contributed by atoms with Crippen molar-refractivity contribution in [1.29, 1.82) is 0 Å². The highest BCUT2D eigenvalue weighted by Gasteiger charge is 2.25. The van der Waals surface area contributed by atoms with Crippen molar-refractivity contribution >= 4 is 32.6 Å². The highest BCUT2D eigenvalue weighted by atomic mass is 32.1. The Morgan fingerprint density at radius 1 is 1.12 bits per heavy atom. The van der Waals surface area contributed by atoms with Gasteiger partial charge in [0.2, 0.25) is 0 Å². The van der Waals surface area contributed by atoms with Crippen LogP contribution in [0.1, 0.15) is 42.9 Å². The molecule has 3 aromatic rings. The Balaban J connectivity index is 1.34. The first-order valence-corrected chi connectivity index (χ1v) is 9.87. The van der Waals surface area contributed by atoms with Crippen molar-refractivity contribution in [3.05, 3.63) is 41.7 Å². The molecule has 0 atom stereocenters. The van der Waals surface area contributed by atoms with Gasteiger partial charge in [-0.2, -0.15) is 0 Å². The second-order valence-electron chi connectivity index (χ2n) is 7.01. The summed E-state index contributed by atoms with van der Waals surface area (Å²) in [6, 6.07) is 8.45. The maximum atomic E-state index is 4.77. The summed E-state index contributed by atoms with van der Waals surface area (Å²) in [6.07, 6.45) is 7.06. The van der Waals surface area contributed by atoms with Gasteiger partial charge in [-0.3, -0.25) is 4.90 Å². The predicted octanol–water partition coefficient (Wildman–Crippen LogP) is 4.30. The number of aromatic nitrogens is 3. The number of nitrogens with one attached hydrogen (secondary N) is 1. The molecule has 6 heteroatoms. The summed E-state index contributed by atoms with van der Waals surface area (Å²) >= 11 is 1.61. The molecule has 0 bridgehead atoms. The number of fused-ring (bicyclic) bond motifs is 1. The molecule has 1 aliphatic carbocycles. The van der Waals surface area contributed by atoms with Crippen LogP contribution in [0.3, 0.4) is 0 Å². The van der Waals surface area contributed by atoms with Gasteiger partial charge in [0, 0.05) is 24.4 Å². The molecule has 1 saturated carbocycles. The first-order chi connectivity index (χ1) is 12.3. The van der Waals surface area contributed by atoms with Gasteiger partial charge >= 0.3 is 0 Å². The average molecular weight is 351 g/mol. The topological polar surface area (TPSA) is 53.9 Å². The van der Waals surface area contributed by atoms with Crippen molar-refractivity contribution in [2.24, 2.45) is 0 Å². The van der Waals surface area contributed by atoms with E-state index in [1.54, 1.807) is 11.3 Å². The van der Waals surface area contributed by atoms with Crippen molar-refractivity contribution in [3.8, 4) is 0 Å². The zero-order valence-corrected chi connectivity index (χ0v) is 14.9. The van der Waals surface area contributed by atoms with E-state index in [0.717, 1.165) is 27.8 Å². The minimum atomic E-state index is 0.673. The van der Waals surface area contributed by atoms with Gasteiger partial charge < -0.3 is 5.32 Å². The number of hydrogen-bond acceptors (Lipinski definition) is 6. The summed E-state index contributed by atoms with van der Waals surface area (Å²) < 4.78 is 0. The van der Waals surface area contributed by atoms with Crippen LogP contribution in [0, 0.1) is 0 Å². The molecular formula is C19H21N5S. The van der Waals surface area contributed by atoms with Crippen LogP contribution in [0.2, 0.25) is 0 Å². The monoisotopic (exact) mass is 351 g/mol. The first-order valence-electron chi connectivity index (χ1n) is 9.05. The van der Waals surface area contributed by atoms with E-state index in [1.807, 2.05) is 6.20 Å². The predicted molar refractivity (Wildman–Crippen MR) is 101 cm³/mol. The molecule has 128 valence electrons. The van der Waals surface area contributed by atoms with Gasteiger partial charge in [-0.25, -0.2) is 15.0 Å². The number of nitrogens with zero attached hydrogens (tertiary/aromatic N) is 4. The van der Waals surface area contributed by atoms with Crippen LogP contribution in [0.25, 0.3) is 10.3 Å². The van der Waals surface area contributed by atoms with E-state index >= 15 is 0 Å². The smallest absolute Gasteiger partial charge is 0.190 e.